The van der Waals surface area contributed by atoms with Gasteiger partial charge >= 0.3 is 0 Å². The Labute approximate surface area is 96.7 Å². The molecule has 0 radical (unpaired) electrons. The first-order valence-electron chi connectivity index (χ1n) is 5.69. The second-order valence-corrected chi connectivity index (χ2v) is 4.50. The van der Waals surface area contributed by atoms with Crippen molar-refractivity contribution in [1.82, 2.24) is 4.90 Å². The van der Waals surface area contributed by atoms with Crippen LogP contribution in [0, 0.1) is 5.92 Å². The van der Waals surface area contributed by atoms with E-state index in [9.17, 15) is 4.79 Å². The molecule has 88 valence electrons. The molecule has 0 aromatic rings. The Balaban J connectivity index is 2.32. The fourth-order valence-electron chi connectivity index (χ4n) is 1.83. The molecule has 0 aliphatic carbocycles. The fraction of sp³-hybridized carbons (Fsp3) is 0.909. The summed E-state index contributed by atoms with van der Waals surface area (Å²) in [5.41, 5.74) is 0. The topological polar surface area (TPSA) is 29.5 Å². The van der Waals surface area contributed by atoms with E-state index in [-0.39, 0.29) is 11.3 Å². The lowest BCUT2D eigenvalue weighted by molar-refractivity contribution is -0.130. The minimum absolute atomic E-state index is 0.0816. The number of amides is 1. The molecule has 1 heterocycles. The predicted octanol–water partition coefficient (Wildman–Crippen LogP) is 1.89. The predicted molar refractivity (Wildman–Crippen MR) is 61.1 cm³/mol. The molecule has 1 fully saturated rings. The van der Waals surface area contributed by atoms with E-state index in [0.717, 1.165) is 32.7 Å². The van der Waals surface area contributed by atoms with Crippen molar-refractivity contribution < 1.29 is 9.53 Å². The van der Waals surface area contributed by atoms with Gasteiger partial charge in [0, 0.05) is 25.6 Å². The number of carbonyl (C=O) groups excluding carboxylic acids is 1. The highest BCUT2D eigenvalue weighted by Gasteiger charge is 2.29. The van der Waals surface area contributed by atoms with Crippen LogP contribution in [0.4, 0.5) is 0 Å². The lowest BCUT2D eigenvalue weighted by atomic mass is 10.1. The number of rotatable bonds is 5. The largest absolute Gasteiger partial charge is 0.381 e. The summed E-state index contributed by atoms with van der Waals surface area (Å²) in [6, 6.07) is 0. The third kappa shape index (κ3) is 3.65. The van der Waals surface area contributed by atoms with Gasteiger partial charge in [-0.05, 0) is 19.8 Å². The molecular weight excluding hydrogens is 214 g/mol. The summed E-state index contributed by atoms with van der Waals surface area (Å²) in [6.07, 6.45) is 1.74. The van der Waals surface area contributed by atoms with Crippen molar-refractivity contribution in [2.24, 2.45) is 5.92 Å². The summed E-state index contributed by atoms with van der Waals surface area (Å²) in [5, 5.41) is -0.351. The Morgan fingerprint density at radius 3 is 2.93 bits per heavy atom. The maximum absolute atomic E-state index is 11.7. The van der Waals surface area contributed by atoms with Gasteiger partial charge in [0.2, 0.25) is 5.91 Å². The first-order chi connectivity index (χ1) is 7.19. The van der Waals surface area contributed by atoms with E-state index in [2.05, 4.69) is 0 Å². The van der Waals surface area contributed by atoms with E-state index in [1.807, 2.05) is 18.7 Å². The zero-order valence-corrected chi connectivity index (χ0v) is 10.3. The third-order valence-electron chi connectivity index (χ3n) is 2.78. The van der Waals surface area contributed by atoms with Gasteiger partial charge in [-0.1, -0.05) is 6.92 Å². The summed E-state index contributed by atoms with van der Waals surface area (Å²) >= 11 is 5.93. The molecule has 4 heteroatoms. The second kappa shape index (κ2) is 6.33. The zero-order valence-electron chi connectivity index (χ0n) is 9.54. The number of halogens is 1. The van der Waals surface area contributed by atoms with Crippen molar-refractivity contribution >= 4 is 17.5 Å². The molecule has 1 aliphatic heterocycles. The van der Waals surface area contributed by atoms with Crippen LogP contribution in [-0.2, 0) is 9.53 Å². The highest BCUT2D eigenvalue weighted by Crippen LogP contribution is 2.19. The number of carbonyl (C=O) groups is 1. The maximum atomic E-state index is 11.7. The summed E-state index contributed by atoms with van der Waals surface area (Å²) in [7, 11) is 0. The summed E-state index contributed by atoms with van der Waals surface area (Å²) < 4.78 is 5.36. The molecule has 0 unspecified atom stereocenters. The van der Waals surface area contributed by atoms with Crippen LogP contribution in [0.25, 0.3) is 0 Å². The van der Waals surface area contributed by atoms with Crippen LogP contribution >= 0.6 is 11.6 Å². The van der Waals surface area contributed by atoms with Crippen LogP contribution < -0.4 is 0 Å². The van der Waals surface area contributed by atoms with Gasteiger partial charge in [0.15, 0.2) is 0 Å². The Hall–Kier alpha value is -0.280. The number of hydrogen-bond donors (Lipinski definition) is 0. The van der Waals surface area contributed by atoms with Crippen molar-refractivity contribution in [3.8, 4) is 0 Å². The van der Waals surface area contributed by atoms with Crippen molar-refractivity contribution in [2.75, 3.05) is 26.3 Å². The second-order valence-electron chi connectivity index (χ2n) is 3.97. The van der Waals surface area contributed by atoms with E-state index in [4.69, 9.17) is 16.3 Å². The van der Waals surface area contributed by atoms with Crippen LogP contribution in [0.5, 0.6) is 0 Å². The minimum Gasteiger partial charge on any atom is -0.381 e. The van der Waals surface area contributed by atoms with Gasteiger partial charge < -0.3 is 9.64 Å². The molecule has 0 aromatic heterocycles. The normalized spacial score (nSPS) is 23.1. The first kappa shape index (κ1) is 12.8. The number of likely N-dealkylation sites (tertiary alicyclic amines) is 1. The number of ether oxygens (including phenoxy) is 1. The van der Waals surface area contributed by atoms with Crippen LogP contribution in [0.15, 0.2) is 0 Å². The van der Waals surface area contributed by atoms with Gasteiger partial charge in [-0.25, -0.2) is 0 Å². The molecule has 3 nitrogen and oxygen atoms in total. The van der Waals surface area contributed by atoms with Gasteiger partial charge in [-0.3, -0.25) is 4.79 Å². The van der Waals surface area contributed by atoms with Crippen molar-refractivity contribution in [3.05, 3.63) is 0 Å². The van der Waals surface area contributed by atoms with Crippen molar-refractivity contribution in [2.45, 2.75) is 32.1 Å². The minimum atomic E-state index is -0.351. The van der Waals surface area contributed by atoms with Gasteiger partial charge in [0.25, 0.3) is 0 Å². The van der Waals surface area contributed by atoms with Gasteiger partial charge in [0.1, 0.15) is 5.38 Å². The molecule has 1 saturated heterocycles. The molecule has 0 bridgehead atoms. The summed E-state index contributed by atoms with van der Waals surface area (Å²) in [5.74, 6) is 0.577. The number of nitrogens with zero attached hydrogens (tertiary/aromatic N) is 1. The Bertz CT molecular complexity index is 211. The smallest absolute Gasteiger partial charge is 0.240 e. The molecule has 0 saturated carbocycles. The van der Waals surface area contributed by atoms with Crippen molar-refractivity contribution in [1.29, 1.82) is 0 Å². The van der Waals surface area contributed by atoms with E-state index in [1.165, 1.54) is 0 Å². The summed E-state index contributed by atoms with van der Waals surface area (Å²) in [6.45, 7) is 7.08. The van der Waals surface area contributed by atoms with E-state index < -0.39 is 0 Å². The Kier molecular flexibility index (Phi) is 5.40. The SMILES string of the molecule is CCOC[C@H]1CCN(C(=O)[C@@H](Cl)CC)C1. The molecule has 1 aliphatic rings. The molecule has 1 rings (SSSR count). The van der Waals surface area contributed by atoms with Gasteiger partial charge in [0.05, 0.1) is 6.61 Å². The molecule has 1 amide bonds. The first-order valence-corrected chi connectivity index (χ1v) is 6.13. The zero-order chi connectivity index (χ0) is 11.3. The molecule has 0 aromatic carbocycles. The average molecular weight is 234 g/mol. The molecular formula is C11H20ClNO2. The highest BCUT2D eigenvalue weighted by atomic mass is 35.5. The van der Waals surface area contributed by atoms with Crippen molar-refractivity contribution in [3.63, 3.8) is 0 Å². The quantitative estimate of drug-likeness (QED) is 0.679. The number of alkyl halides is 1. The summed E-state index contributed by atoms with van der Waals surface area (Å²) in [4.78, 5) is 13.6. The lowest BCUT2D eigenvalue weighted by Crippen LogP contribution is -2.35. The lowest BCUT2D eigenvalue weighted by Gasteiger charge is -2.19. The molecule has 0 N–H and O–H groups in total. The molecule has 0 spiro atoms. The average Bonchev–Trinajstić information content (AvgIpc) is 2.72. The van der Waals surface area contributed by atoms with Crippen LogP contribution in [-0.4, -0.2) is 42.5 Å². The number of hydrogen-bond acceptors (Lipinski definition) is 2. The van der Waals surface area contributed by atoms with Gasteiger partial charge in [-0.2, -0.15) is 0 Å². The van der Waals surface area contributed by atoms with Gasteiger partial charge in [-0.15, -0.1) is 11.6 Å². The fourth-order valence-corrected chi connectivity index (χ4v) is 1.96. The van der Waals surface area contributed by atoms with E-state index in [0.29, 0.717) is 12.3 Å². The van der Waals surface area contributed by atoms with Crippen LogP contribution in [0.1, 0.15) is 26.7 Å². The Morgan fingerprint density at radius 1 is 1.60 bits per heavy atom. The highest BCUT2D eigenvalue weighted by molar-refractivity contribution is 6.30. The Morgan fingerprint density at radius 2 is 2.33 bits per heavy atom. The molecule has 15 heavy (non-hydrogen) atoms. The maximum Gasteiger partial charge on any atom is 0.240 e. The molecule has 2 atom stereocenters. The van der Waals surface area contributed by atoms with E-state index in [1.54, 1.807) is 0 Å². The van der Waals surface area contributed by atoms with Crippen LogP contribution in [0.2, 0.25) is 0 Å². The van der Waals surface area contributed by atoms with Crippen LogP contribution in [0.3, 0.4) is 0 Å². The monoisotopic (exact) mass is 233 g/mol. The van der Waals surface area contributed by atoms with E-state index >= 15 is 0 Å². The standard InChI is InChI=1S/C11H20ClNO2/c1-3-10(12)11(14)13-6-5-9(7-13)8-15-4-2/h9-10H,3-8H2,1-2H3/t9-,10-/m0/s1. The third-order valence-corrected chi connectivity index (χ3v) is 3.28.